The van der Waals surface area contributed by atoms with Gasteiger partial charge in [-0.3, -0.25) is 5.10 Å². The summed E-state index contributed by atoms with van der Waals surface area (Å²) in [7, 11) is 0. The summed E-state index contributed by atoms with van der Waals surface area (Å²) in [5.74, 6) is 0.880. The molecule has 1 N–H and O–H groups in total. The summed E-state index contributed by atoms with van der Waals surface area (Å²) < 4.78 is 5.61. The van der Waals surface area contributed by atoms with Gasteiger partial charge < -0.3 is 4.74 Å². The molecule has 0 aliphatic carbocycles. The van der Waals surface area contributed by atoms with Crippen molar-refractivity contribution in [2.75, 3.05) is 6.61 Å². The number of unbranched alkanes of at least 4 members (excludes halogenated alkanes) is 1. The third kappa shape index (κ3) is 3.59. The van der Waals surface area contributed by atoms with Crippen LogP contribution in [-0.4, -0.2) is 16.8 Å². The number of nitriles is 1. The van der Waals surface area contributed by atoms with Crippen LogP contribution in [0.4, 0.5) is 0 Å². The van der Waals surface area contributed by atoms with Crippen molar-refractivity contribution in [3.63, 3.8) is 0 Å². The minimum atomic E-state index is 0.352. The largest absolute Gasteiger partial charge is 0.494 e. The van der Waals surface area contributed by atoms with Gasteiger partial charge in [0.2, 0.25) is 0 Å². The van der Waals surface area contributed by atoms with Crippen molar-refractivity contribution in [1.29, 1.82) is 5.26 Å². The number of ether oxygens (including phenoxy) is 1. The van der Waals surface area contributed by atoms with Crippen molar-refractivity contribution < 1.29 is 4.74 Å². The number of H-pyrrole nitrogens is 1. The summed E-state index contributed by atoms with van der Waals surface area (Å²) in [5, 5.41) is 15.7. The molecular formula is C15H17N3O. The fraction of sp³-hybridized carbons (Fsp3) is 0.333. The Balaban J connectivity index is 2.02. The summed E-state index contributed by atoms with van der Waals surface area (Å²) in [5.41, 5.74) is 2.70. The molecule has 0 spiro atoms. The first-order valence-corrected chi connectivity index (χ1v) is 6.48. The maximum Gasteiger partial charge on any atom is 0.119 e. The number of hydrogen-bond acceptors (Lipinski definition) is 3. The molecule has 0 aliphatic rings. The molecule has 98 valence electrons. The van der Waals surface area contributed by atoms with Crippen LogP contribution >= 0.6 is 0 Å². The predicted octanol–water partition coefficient (Wildman–Crippen LogP) is 3.32. The first kappa shape index (κ1) is 13.2. The Labute approximate surface area is 113 Å². The number of benzene rings is 1. The average Bonchev–Trinajstić information content (AvgIpc) is 2.89. The van der Waals surface area contributed by atoms with Gasteiger partial charge in [-0.05, 0) is 36.8 Å². The van der Waals surface area contributed by atoms with Crippen LogP contribution in [0.5, 0.6) is 5.75 Å². The third-order valence-electron chi connectivity index (χ3n) is 2.82. The number of aromatic nitrogens is 2. The lowest BCUT2D eigenvalue weighted by molar-refractivity contribution is 0.309. The molecule has 1 aromatic carbocycles. The van der Waals surface area contributed by atoms with Crippen LogP contribution in [0.1, 0.15) is 25.5 Å². The molecule has 2 aromatic rings. The van der Waals surface area contributed by atoms with Crippen LogP contribution in [0.2, 0.25) is 0 Å². The van der Waals surface area contributed by atoms with Gasteiger partial charge in [-0.1, -0.05) is 13.3 Å². The molecule has 0 saturated carbocycles. The monoisotopic (exact) mass is 255 g/mol. The first-order valence-electron chi connectivity index (χ1n) is 6.48. The molecule has 4 nitrogen and oxygen atoms in total. The number of hydrogen-bond donors (Lipinski definition) is 1. The lowest BCUT2D eigenvalue weighted by Crippen LogP contribution is -1.95. The lowest BCUT2D eigenvalue weighted by Gasteiger charge is -2.05. The number of nitrogens with one attached hydrogen (secondary N) is 1. The zero-order valence-corrected chi connectivity index (χ0v) is 11.0. The number of rotatable bonds is 6. The smallest absolute Gasteiger partial charge is 0.119 e. The van der Waals surface area contributed by atoms with Gasteiger partial charge in [0.1, 0.15) is 5.75 Å². The Morgan fingerprint density at radius 2 is 2.11 bits per heavy atom. The van der Waals surface area contributed by atoms with Gasteiger partial charge in [0.05, 0.1) is 24.8 Å². The predicted molar refractivity (Wildman–Crippen MR) is 73.7 cm³/mol. The summed E-state index contributed by atoms with van der Waals surface area (Å²) in [4.78, 5) is 0. The van der Waals surface area contributed by atoms with Crippen molar-refractivity contribution in [2.24, 2.45) is 0 Å². The van der Waals surface area contributed by atoms with Gasteiger partial charge in [0.25, 0.3) is 0 Å². The first-order chi connectivity index (χ1) is 9.33. The fourth-order valence-electron chi connectivity index (χ4n) is 1.74. The van der Waals surface area contributed by atoms with E-state index >= 15 is 0 Å². The van der Waals surface area contributed by atoms with Crippen molar-refractivity contribution in [1.82, 2.24) is 10.2 Å². The van der Waals surface area contributed by atoms with Crippen molar-refractivity contribution in [3.8, 4) is 23.1 Å². The highest BCUT2D eigenvalue weighted by molar-refractivity contribution is 5.60. The van der Waals surface area contributed by atoms with E-state index in [1.807, 2.05) is 30.3 Å². The molecule has 0 saturated heterocycles. The molecular weight excluding hydrogens is 238 g/mol. The molecule has 0 bridgehead atoms. The Hall–Kier alpha value is -2.28. The van der Waals surface area contributed by atoms with E-state index in [0.717, 1.165) is 42.1 Å². The minimum absolute atomic E-state index is 0.352. The Kier molecular flexibility index (Phi) is 4.57. The topological polar surface area (TPSA) is 61.7 Å². The van der Waals surface area contributed by atoms with Crippen LogP contribution < -0.4 is 4.74 Å². The van der Waals surface area contributed by atoms with Crippen LogP contribution in [0, 0.1) is 11.3 Å². The highest BCUT2D eigenvalue weighted by Gasteiger charge is 2.04. The second-order valence-electron chi connectivity index (χ2n) is 4.34. The molecule has 0 atom stereocenters. The lowest BCUT2D eigenvalue weighted by atomic mass is 10.1. The van der Waals surface area contributed by atoms with E-state index in [4.69, 9.17) is 10.00 Å². The van der Waals surface area contributed by atoms with Gasteiger partial charge in [-0.15, -0.1) is 0 Å². The van der Waals surface area contributed by atoms with Crippen LogP contribution in [0.25, 0.3) is 11.3 Å². The Morgan fingerprint density at radius 3 is 2.79 bits per heavy atom. The number of aromatic amines is 1. The van der Waals surface area contributed by atoms with Gasteiger partial charge >= 0.3 is 0 Å². The fourth-order valence-corrected chi connectivity index (χ4v) is 1.74. The molecule has 0 radical (unpaired) electrons. The van der Waals surface area contributed by atoms with E-state index in [-0.39, 0.29) is 0 Å². The molecule has 1 heterocycles. The van der Waals surface area contributed by atoms with Gasteiger partial charge in [-0.25, -0.2) is 0 Å². The Morgan fingerprint density at radius 1 is 1.32 bits per heavy atom. The van der Waals surface area contributed by atoms with Gasteiger partial charge in [0, 0.05) is 11.3 Å². The molecule has 0 fully saturated rings. The van der Waals surface area contributed by atoms with Crippen LogP contribution in [0.3, 0.4) is 0 Å². The summed E-state index contributed by atoms with van der Waals surface area (Å²) in [6.07, 6.45) is 2.55. The molecule has 19 heavy (non-hydrogen) atoms. The third-order valence-corrected chi connectivity index (χ3v) is 2.82. The standard InChI is InChI=1S/C15H17N3O/c1-2-3-10-19-14-6-4-12(5-7-14)15-11-13(8-9-16)17-18-15/h4-7,11H,2-3,8,10H2,1H3,(H,17,18). The van der Waals surface area contributed by atoms with Crippen LogP contribution in [0.15, 0.2) is 30.3 Å². The SMILES string of the molecule is CCCCOc1ccc(-c2cc(CC#N)[nH]n2)cc1. The summed E-state index contributed by atoms with van der Waals surface area (Å²) >= 11 is 0. The van der Waals surface area contributed by atoms with Crippen molar-refractivity contribution in [2.45, 2.75) is 26.2 Å². The van der Waals surface area contributed by atoms with E-state index in [0.29, 0.717) is 6.42 Å². The van der Waals surface area contributed by atoms with E-state index in [1.54, 1.807) is 0 Å². The molecule has 0 unspecified atom stereocenters. The van der Waals surface area contributed by atoms with E-state index in [2.05, 4.69) is 23.2 Å². The highest BCUT2D eigenvalue weighted by atomic mass is 16.5. The molecule has 4 heteroatoms. The molecule has 0 amide bonds. The zero-order chi connectivity index (χ0) is 13.5. The van der Waals surface area contributed by atoms with Crippen molar-refractivity contribution in [3.05, 3.63) is 36.0 Å². The van der Waals surface area contributed by atoms with Crippen LogP contribution in [-0.2, 0) is 6.42 Å². The summed E-state index contributed by atoms with van der Waals surface area (Å²) in [6.45, 7) is 2.90. The maximum atomic E-state index is 8.62. The molecule has 0 aliphatic heterocycles. The second-order valence-corrected chi connectivity index (χ2v) is 4.34. The van der Waals surface area contributed by atoms with E-state index in [1.165, 1.54) is 0 Å². The normalized spacial score (nSPS) is 10.1. The van der Waals surface area contributed by atoms with E-state index in [9.17, 15) is 0 Å². The molecule has 1 aromatic heterocycles. The number of nitrogens with zero attached hydrogens (tertiary/aromatic N) is 2. The Bertz CT molecular complexity index is 552. The highest BCUT2D eigenvalue weighted by Crippen LogP contribution is 2.21. The maximum absolute atomic E-state index is 8.62. The van der Waals surface area contributed by atoms with Gasteiger partial charge in [-0.2, -0.15) is 10.4 Å². The van der Waals surface area contributed by atoms with Crippen molar-refractivity contribution >= 4 is 0 Å². The summed E-state index contributed by atoms with van der Waals surface area (Å²) in [6, 6.07) is 11.8. The average molecular weight is 255 g/mol. The molecule has 2 rings (SSSR count). The van der Waals surface area contributed by atoms with Gasteiger partial charge in [0.15, 0.2) is 0 Å². The van der Waals surface area contributed by atoms with E-state index < -0.39 is 0 Å². The second kappa shape index (κ2) is 6.60. The minimum Gasteiger partial charge on any atom is -0.494 e. The zero-order valence-electron chi connectivity index (χ0n) is 11.0. The quantitative estimate of drug-likeness (QED) is 0.805.